The van der Waals surface area contributed by atoms with Crippen LogP contribution in [0.4, 0.5) is 16.2 Å². The molecule has 0 unspecified atom stereocenters. The summed E-state index contributed by atoms with van der Waals surface area (Å²) in [4.78, 5) is 29.7. The molecule has 2 aromatic rings. The fourth-order valence-electron chi connectivity index (χ4n) is 4.14. The van der Waals surface area contributed by atoms with Gasteiger partial charge in [-0.25, -0.2) is 4.79 Å². The van der Waals surface area contributed by atoms with Crippen LogP contribution in [0.15, 0.2) is 48.5 Å². The van der Waals surface area contributed by atoms with E-state index < -0.39 is 0 Å². The number of piperidine rings is 1. The lowest BCUT2D eigenvalue weighted by molar-refractivity contribution is -0.121. The number of ether oxygens (including phenoxy) is 2. The van der Waals surface area contributed by atoms with Gasteiger partial charge in [-0.05, 0) is 43.5 Å². The SMILES string of the molecule is CC[C@H]1CN(C(=O)N2CCC(C(=O)Nc3cccc(OC)c3)CC2)c2ccccc2O1. The van der Waals surface area contributed by atoms with E-state index in [0.29, 0.717) is 38.2 Å². The molecule has 164 valence electrons. The van der Waals surface area contributed by atoms with Crippen LogP contribution in [0.5, 0.6) is 11.5 Å². The van der Waals surface area contributed by atoms with Crippen LogP contribution in [-0.2, 0) is 4.79 Å². The second kappa shape index (κ2) is 9.29. The minimum Gasteiger partial charge on any atom is -0.497 e. The topological polar surface area (TPSA) is 71.1 Å². The Hall–Kier alpha value is -3.22. The molecular weight excluding hydrogens is 394 g/mol. The van der Waals surface area contributed by atoms with Crippen molar-refractivity contribution in [2.75, 3.05) is 37.0 Å². The van der Waals surface area contributed by atoms with Gasteiger partial charge in [0.05, 0.1) is 19.3 Å². The summed E-state index contributed by atoms with van der Waals surface area (Å²) in [5.41, 5.74) is 1.54. The molecule has 4 rings (SSSR count). The average molecular weight is 424 g/mol. The lowest BCUT2D eigenvalue weighted by Crippen LogP contribution is -2.52. The molecule has 0 bridgehead atoms. The molecular formula is C24H29N3O4. The number of methoxy groups -OCH3 is 1. The van der Waals surface area contributed by atoms with Gasteiger partial charge in [-0.3, -0.25) is 9.69 Å². The predicted octanol–water partition coefficient (Wildman–Crippen LogP) is 4.14. The molecule has 1 N–H and O–H groups in total. The quantitative estimate of drug-likeness (QED) is 0.802. The van der Waals surface area contributed by atoms with Gasteiger partial charge in [0.2, 0.25) is 5.91 Å². The van der Waals surface area contributed by atoms with E-state index in [0.717, 1.165) is 23.5 Å². The summed E-state index contributed by atoms with van der Waals surface area (Å²) in [7, 11) is 1.60. The number of para-hydroxylation sites is 2. The average Bonchev–Trinajstić information content (AvgIpc) is 2.83. The number of carbonyl (C=O) groups is 2. The molecule has 2 aliphatic heterocycles. The van der Waals surface area contributed by atoms with E-state index in [-0.39, 0.29) is 24.0 Å². The van der Waals surface area contributed by atoms with Crippen LogP contribution in [0.2, 0.25) is 0 Å². The number of fused-ring (bicyclic) bond motifs is 1. The van der Waals surface area contributed by atoms with E-state index in [1.165, 1.54) is 0 Å². The number of carbonyl (C=O) groups excluding carboxylic acids is 2. The van der Waals surface area contributed by atoms with E-state index in [2.05, 4.69) is 12.2 Å². The van der Waals surface area contributed by atoms with Crippen LogP contribution in [-0.4, -0.2) is 49.7 Å². The van der Waals surface area contributed by atoms with E-state index in [4.69, 9.17) is 9.47 Å². The molecule has 1 saturated heterocycles. The monoisotopic (exact) mass is 423 g/mol. The van der Waals surface area contributed by atoms with Gasteiger partial charge < -0.3 is 19.7 Å². The van der Waals surface area contributed by atoms with Crippen molar-refractivity contribution in [3.05, 3.63) is 48.5 Å². The Bertz CT molecular complexity index is 940. The zero-order valence-electron chi connectivity index (χ0n) is 18.0. The molecule has 1 fully saturated rings. The number of benzene rings is 2. The van der Waals surface area contributed by atoms with Crippen molar-refractivity contribution in [2.24, 2.45) is 5.92 Å². The molecule has 2 aromatic carbocycles. The highest BCUT2D eigenvalue weighted by molar-refractivity contribution is 5.95. The van der Waals surface area contributed by atoms with Gasteiger partial charge in [-0.1, -0.05) is 25.1 Å². The Morgan fingerprint density at radius 3 is 2.65 bits per heavy atom. The summed E-state index contributed by atoms with van der Waals surface area (Å²) in [6, 6.07) is 15.0. The van der Waals surface area contributed by atoms with Gasteiger partial charge >= 0.3 is 6.03 Å². The maximum atomic E-state index is 13.3. The number of anilines is 2. The number of hydrogen-bond acceptors (Lipinski definition) is 4. The van der Waals surface area contributed by atoms with E-state index >= 15 is 0 Å². The highest BCUT2D eigenvalue weighted by Crippen LogP contribution is 2.35. The van der Waals surface area contributed by atoms with Crippen LogP contribution in [0.25, 0.3) is 0 Å². The van der Waals surface area contributed by atoms with Crippen molar-refractivity contribution in [3.63, 3.8) is 0 Å². The molecule has 7 nitrogen and oxygen atoms in total. The lowest BCUT2D eigenvalue weighted by atomic mass is 9.96. The Morgan fingerprint density at radius 1 is 1.13 bits per heavy atom. The van der Waals surface area contributed by atoms with Crippen molar-refractivity contribution in [3.8, 4) is 11.5 Å². The van der Waals surface area contributed by atoms with Crippen molar-refractivity contribution in [1.82, 2.24) is 4.90 Å². The summed E-state index contributed by atoms with van der Waals surface area (Å²) in [5.74, 6) is 1.33. The summed E-state index contributed by atoms with van der Waals surface area (Å²) in [6.45, 7) is 3.73. The normalized spacial score (nSPS) is 18.7. The Labute approximate surface area is 182 Å². The second-order valence-corrected chi connectivity index (χ2v) is 7.99. The summed E-state index contributed by atoms with van der Waals surface area (Å²) in [5, 5.41) is 2.97. The first-order valence-corrected chi connectivity index (χ1v) is 10.9. The molecule has 0 aliphatic carbocycles. The number of urea groups is 1. The third-order valence-corrected chi connectivity index (χ3v) is 6.00. The van der Waals surface area contributed by atoms with E-state index in [9.17, 15) is 9.59 Å². The van der Waals surface area contributed by atoms with E-state index in [1.54, 1.807) is 13.2 Å². The van der Waals surface area contributed by atoms with Gasteiger partial charge in [0, 0.05) is 30.8 Å². The number of nitrogens with zero attached hydrogens (tertiary/aromatic N) is 2. The predicted molar refractivity (Wildman–Crippen MR) is 120 cm³/mol. The first-order valence-electron chi connectivity index (χ1n) is 10.9. The smallest absolute Gasteiger partial charge is 0.324 e. The zero-order chi connectivity index (χ0) is 21.8. The van der Waals surface area contributed by atoms with Crippen LogP contribution in [0.3, 0.4) is 0 Å². The largest absolute Gasteiger partial charge is 0.497 e. The lowest BCUT2D eigenvalue weighted by Gasteiger charge is -2.39. The van der Waals surface area contributed by atoms with Crippen LogP contribution < -0.4 is 19.7 Å². The number of amides is 3. The summed E-state index contributed by atoms with van der Waals surface area (Å²) < 4.78 is 11.2. The number of hydrogen-bond donors (Lipinski definition) is 1. The minimum absolute atomic E-state index is 0.00923. The molecule has 7 heteroatoms. The van der Waals surface area contributed by atoms with Crippen LogP contribution >= 0.6 is 0 Å². The first-order chi connectivity index (χ1) is 15.1. The molecule has 2 heterocycles. The Balaban J connectivity index is 1.37. The Morgan fingerprint density at radius 2 is 1.90 bits per heavy atom. The van der Waals surface area contributed by atoms with Crippen molar-refractivity contribution in [2.45, 2.75) is 32.3 Å². The Kier molecular flexibility index (Phi) is 6.30. The summed E-state index contributed by atoms with van der Waals surface area (Å²) >= 11 is 0. The fraction of sp³-hybridized carbons (Fsp3) is 0.417. The number of likely N-dealkylation sites (tertiary alicyclic amines) is 1. The third kappa shape index (κ3) is 4.60. The third-order valence-electron chi connectivity index (χ3n) is 6.00. The molecule has 0 spiro atoms. The van der Waals surface area contributed by atoms with E-state index in [1.807, 2.05) is 52.3 Å². The van der Waals surface area contributed by atoms with Gasteiger partial charge in [-0.15, -0.1) is 0 Å². The van der Waals surface area contributed by atoms with Crippen LogP contribution in [0, 0.1) is 5.92 Å². The molecule has 0 saturated carbocycles. The van der Waals surface area contributed by atoms with Gasteiger partial charge in [0.15, 0.2) is 0 Å². The molecule has 0 radical (unpaired) electrons. The standard InChI is InChI=1S/C24H29N3O4/c1-3-19-16-27(21-9-4-5-10-22(21)31-19)24(29)26-13-11-17(12-14-26)23(28)25-18-7-6-8-20(15-18)30-2/h4-10,15,17,19H,3,11-14,16H2,1-2H3,(H,25,28)/t19-/m0/s1. The molecule has 3 amide bonds. The first kappa shape index (κ1) is 21.0. The van der Waals surface area contributed by atoms with Crippen LogP contribution in [0.1, 0.15) is 26.2 Å². The highest BCUT2D eigenvalue weighted by Gasteiger charge is 2.34. The molecule has 0 aromatic heterocycles. The second-order valence-electron chi connectivity index (χ2n) is 7.99. The maximum Gasteiger partial charge on any atom is 0.324 e. The molecule has 31 heavy (non-hydrogen) atoms. The number of nitrogens with one attached hydrogen (secondary N) is 1. The van der Waals surface area contributed by atoms with Crippen molar-refractivity contribution < 1.29 is 19.1 Å². The molecule has 1 atom stereocenters. The van der Waals surface area contributed by atoms with Gasteiger partial charge in [-0.2, -0.15) is 0 Å². The van der Waals surface area contributed by atoms with Crippen molar-refractivity contribution >= 4 is 23.3 Å². The van der Waals surface area contributed by atoms with Crippen molar-refractivity contribution in [1.29, 1.82) is 0 Å². The fourth-order valence-corrected chi connectivity index (χ4v) is 4.14. The van der Waals surface area contributed by atoms with Gasteiger partial charge in [0.1, 0.15) is 17.6 Å². The molecule has 2 aliphatic rings. The van der Waals surface area contributed by atoms with Gasteiger partial charge in [0.25, 0.3) is 0 Å². The zero-order valence-corrected chi connectivity index (χ0v) is 18.0. The summed E-state index contributed by atoms with van der Waals surface area (Å²) in [6.07, 6.45) is 2.12. The number of rotatable bonds is 4. The highest BCUT2D eigenvalue weighted by atomic mass is 16.5. The minimum atomic E-state index is -0.115. The maximum absolute atomic E-state index is 13.3.